The molecular formula is C19H13BrClNO3. The van der Waals surface area contributed by atoms with Crippen LogP contribution >= 0.6 is 27.5 Å². The van der Waals surface area contributed by atoms with Gasteiger partial charge < -0.3 is 9.73 Å². The van der Waals surface area contributed by atoms with Crippen LogP contribution in [0, 0.1) is 0 Å². The molecule has 0 saturated heterocycles. The molecule has 0 fully saturated rings. The summed E-state index contributed by atoms with van der Waals surface area (Å²) in [5.74, 6) is -0.594. The molecule has 0 saturated carbocycles. The van der Waals surface area contributed by atoms with Gasteiger partial charge in [-0.15, -0.1) is 0 Å². The number of halogens is 2. The lowest BCUT2D eigenvalue weighted by atomic mass is 10.1. The van der Waals surface area contributed by atoms with Gasteiger partial charge >= 0.3 is 0 Å². The van der Waals surface area contributed by atoms with Crippen molar-refractivity contribution in [1.82, 2.24) is 0 Å². The number of anilines is 1. The van der Waals surface area contributed by atoms with E-state index in [9.17, 15) is 9.59 Å². The van der Waals surface area contributed by atoms with Crippen LogP contribution in [-0.2, 0) is 4.79 Å². The monoisotopic (exact) mass is 417 g/mol. The number of hydrogen-bond acceptors (Lipinski definition) is 3. The minimum absolute atomic E-state index is 0.0771. The first-order valence-corrected chi connectivity index (χ1v) is 8.62. The molecule has 3 rings (SSSR count). The molecule has 4 nitrogen and oxygen atoms in total. The number of allylic oxidation sites excluding steroid dienone is 1. The summed E-state index contributed by atoms with van der Waals surface area (Å²) in [4.78, 5) is 24.9. The highest BCUT2D eigenvalue weighted by Crippen LogP contribution is 2.34. The molecule has 0 bridgehead atoms. The summed E-state index contributed by atoms with van der Waals surface area (Å²) in [6, 6.07) is 11.8. The smallest absolute Gasteiger partial charge is 0.248 e. The number of nitrogens with one attached hydrogen (secondary N) is 1. The molecule has 0 aliphatic heterocycles. The molecule has 1 aromatic heterocycles. The average Bonchev–Trinajstić information content (AvgIpc) is 2.93. The van der Waals surface area contributed by atoms with Gasteiger partial charge in [0.25, 0.3) is 0 Å². The molecule has 2 aromatic carbocycles. The molecule has 25 heavy (non-hydrogen) atoms. The second kappa shape index (κ2) is 7.25. The lowest BCUT2D eigenvalue weighted by molar-refractivity contribution is -0.111. The molecule has 0 unspecified atom stereocenters. The van der Waals surface area contributed by atoms with Crippen LogP contribution in [0.4, 0.5) is 5.69 Å². The fourth-order valence-electron chi connectivity index (χ4n) is 2.40. The molecule has 1 heterocycles. The highest BCUT2D eigenvalue weighted by molar-refractivity contribution is 9.10. The summed E-state index contributed by atoms with van der Waals surface area (Å²) in [6.07, 6.45) is 3.00. The van der Waals surface area contributed by atoms with Crippen LogP contribution in [-0.4, -0.2) is 11.7 Å². The molecular weight excluding hydrogens is 406 g/mol. The fraction of sp³-hybridized carbons (Fsp3) is 0.0526. The highest BCUT2D eigenvalue weighted by Gasteiger charge is 2.23. The Bertz CT molecular complexity index is 990. The van der Waals surface area contributed by atoms with Crippen molar-refractivity contribution in [3.05, 3.63) is 75.4 Å². The second-order valence-corrected chi connectivity index (χ2v) is 6.62. The van der Waals surface area contributed by atoms with Gasteiger partial charge in [-0.05, 0) is 55.5 Å². The summed E-state index contributed by atoms with van der Waals surface area (Å²) in [5, 5.41) is 3.91. The van der Waals surface area contributed by atoms with Crippen LogP contribution in [0.2, 0.25) is 5.02 Å². The third-order valence-electron chi connectivity index (χ3n) is 3.53. The highest BCUT2D eigenvalue weighted by atomic mass is 79.9. The van der Waals surface area contributed by atoms with E-state index in [0.717, 1.165) is 4.47 Å². The fourth-order valence-corrected chi connectivity index (χ4v) is 2.89. The van der Waals surface area contributed by atoms with Crippen LogP contribution in [0.5, 0.6) is 0 Å². The van der Waals surface area contributed by atoms with Gasteiger partial charge in [-0.1, -0.05) is 33.6 Å². The van der Waals surface area contributed by atoms with E-state index in [1.54, 1.807) is 55.5 Å². The van der Waals surface area contributed by atoms with Gasteiger partial charge in [0.1, 0.15) is 5.58 Å². The Morgan fingerprint density at radius 3 is 2.56 bits per heavy atom. The Hall–Kier alpha value is -2.37. The largest absolute Gasteiger partial charge is 0.450 e. The van der Waals surface area contributed by atoms with Crippen molar-refractivity contribution in [2.75, 3.05) is 5.32 Å². The molecule has 1 amide bonds. The maximum absolute atomic E-state index is 12.9. The number of carbonyl (C=O) groups excluding carboxylic acids is 2. The zero-order valence-electron chi connectivity index (χ0n) is 13.2. The number of ketones is 1. The maximum Gasteiger partial charge on any atom is 0.248 e. The number of furan rings is 1. The van der Waals surface area contributed by atoms with E-state index in [1.165, 1.54) is 6.08 Å². The van der Waals surface area contributed by atoms with Crippen molar-refractivity contribution >= 4 is 55.9 Å². The lowest BCUT2D eigenvalue weighted by Crippen LogP contribution is -2.11. The van der Waals surface area contributed by atoms with Gasteiger partial charge in [0.05, 0.1) is 5.69 Å². The molecule has 0 spiro atoms. The van der Waals surface area contributed by atoms with Gasteiger partial charge in [-0.25, -0.2) is 0 Å². The maximum atomic E-state index is 12.9. The average molecular weight is 419 g/mol. The Labute approximate surface area is 157 Å². The molecule has 1 N–H and O–H groups in total. The van der Waals surface area contributed by atoms with Gasteiger partial charge in [0.2, 0.25) is 11.7 Å². The first-order chi connectivity index (χ1) is 12.0. The van der Waals surface area contributed by atoms with Crippen molar-refractivity contribution in [1.29, 1.82) is 0 Å². The first kappa shape index (κ1) is 17.5. The van der Waals surface area contributed by atoms with Crippen molar-refractivity contribution in [2.24, 2.45) is 0 Å². The van der Waals surface area contributed by atoms with Crippen LogP contribution in [0.15, 0.2) is 63.5 Å². The summed E-state index contributed by atoms with van der Waals surface area (Å²) >= 11 is 9.27. The van der Waals surface area contributed by atoms with Crippen LogP contribution < -0.4 is 5.32 Å². The number of carbonyl (C=O) groups is 2. The minimum atomic E-state index is -0.338. The zero-order chi connectivity index (χ0) is 18.0. The van der Waals surface area contributed by atoms with Gasteiger partial charge in [0, 0.05) is 20.4 Å². The first-order valence-electron chi connectivity index (χ1n) is 7.45. The Morgan fingerprint density at radius 1 is 1.16 bits per heavy atom. The third kappa shape index (κ3) is 3.67. The molecule has 0 aliphatic rings. The minimum Gasteiger partial charge on any atom is -0.450 e. The quantitative estimate of drug-likeness (QED) is 0.443. The van der Waals surface area contributed by atoms with Crippen LogP contribution in [0.25, 0.3) is 11.0 Å². The van der Waals surface area contributed by atoms with Crippen LogP contribution in [0.3, 0.4) is 0 Å². The SMILES string of the molecule is CC=CC(=O)Nc1c(C(=O)c2ccc(Cl)cc2)oc2ccc(Br)cc12. The Morgan fingerprint density at radius 2 is 1.88 bits per heavy atom. The van der Waals surface area contributed by atoms with E-state index in [1.807, 2.05) is 0 Å². The van der Waals surface area contributed by atoms with Gasteiger partial charge in [-0.3, -0.25) is 9.59 Å². The summed E-state index contributed by atoms with van der Waals surface area (Å²) in [5.41, 5.74) is 1.28. The number of fused-ring (bicyclic) bond motifs is 1. The second-order valence-electron chi connectivity index (χ2n) is 5.27. The topological polar surface area (TPSA) is 59.3 Å². The summed E-state index contributed by atoms with van der Waals surface area (Å²) in [6.45, 7) is 1.74. The van der Waals surface area contributed by atoms with Crippen molar-refractivity contribution in [2.45, 2.75) is 6.92 Å². The van der Waals surface area contributed by atoms with Crippen molar-refractivity contribution in [3.8, 4) is 0 Å². The van der Waals surface area contributed by atoms with E-state index in [4.69, 9.17) is 16.0 Å². The molecule has 6 heteroatoms. The van der Waals surface area contributed by atoms with E-state index in [2.05, 4.69) is 21.2 Å². The predicted molar refractivity (Wildman–Crippen MR) is 102 cm³/mol. The normalized spacial score (nSPS) is 11.2. The van der Waals surface area contributed by atoms with Gasteiger partial charge in [-0.2, -0.15) is 0 Å². The van der Waals surface area contributed by atoms with E-state index < -0.39 is 0 Å². The molecule has 0 atom stereocenters. The molecule has 126 valence electrons. The van der Waals surface area contributed by atoms with E-state index >= 15 is 0 Å². The Balaban J connectivity index is 2.14. The van der Waals surface area contributed by atoms with Gasteiger partial charge in [0.15, 0.2) is 5.76 Å². The molecule has 0 radical (unpaired) electrons. The number of benzene rings is 2. The predicted octanol–water partition coefficient (Wildman–Crippen LogP) is 5.59. The third-order valence-corrected chi connectivity index (χ3v) is 4.27. The Kier molecular flexibility index (Phi) is 5.06. The van der Waals surface area contributed by atoms with E-state index in [0.29, 0.717) is 27.2 Å². The summed E-state index contributed by atoms with van der Waals surface area (Å²) in [7, 11) is 0. The van der Waals surface area contributed by atoms with Crippen molar-refractivity contribution < 1.29 is 14.0 Å². The number of amides is 1. The standard InChI is InChI=1S/C19H13BrClNO3/c1-2-3-16(23)22-17-14-10-12(20)6-9-15(14)25-19(17)18(24)11-4-7-13(21)8-5-11/h2-10H,1H3,(H,22,23). The van der Waals surface area contributed by atoms with Crippen LogP contribution in [0.1, 0.15) is 23.0 Å². The molecule has 3 aromatic rings. The van der Waals surface area contributed by atoms with E-state index in [-0.39, 0.29) is 17.5 Å². The van der Waals surface area contributed by atoms with Crippen molar-refractivity contribution in [3.63, 3.8) is 0 Å². The zero-order valence-corrected chi connectivity index (χ0v) is 15.5. The lowest BCUT2D eigenvalue weighted by Gasteiger charge is -2.04. The number of hydrogen-bond donors (Lipinski definition) is 1. The molecule has 0 aliphatic carbocycles. The number of rotatable bonds is 4. The summed E-state index contributed by atoms with van der Waals surface area (Å²) < 4.78 is 6.55.